The molecule has 1 amide bonds. The van der Waals surface area contributed by atoms with E-state index in [4.69, 9.17) is 11.0 Å². The first-order chi connectivity index (χ1) is 9.69. The summed E-state index contributed by atoms with van der Waals surface area (Å²) in [4.78, 5) is 11.5. The molecule has 0 radical (unpaired) electrons. The van der Waals surface area contributed by atoms with E-state index >= 15 is 0 Å². The van der Waals surface area contributed by atoms with Gasteiger partial charge in [-0.1, -0.05) is 0 Å². The van der Waals surface area contributed by atoms with Gasteiger partial charge in [-0.25, -0.2) is 0 Å². The molecule has 1 fully saturated rings. The number of hydrogen-bond donors (Lipinski definition) is 3. The summed E-state index contributed by atoms with van der Waals surface area (Å²) in [6.07, 6.45) is 3.89. The van der Waals surface area contributed by atoms with Gasteiger partial charge in [-0.3, -0.25) is 4.79 Å². The van der Waals surface area contributed by atoms with Crippen molar-refractivity contribution in [1.29, 1.82) is 5.26 Å². The predicted octanol–water partition coefficient (Wildman–Crippen LogP) is 1.81. The van der Waals surface area contributed by atoms with Crippen LogP contribution in [0.4, 0.5) is 11.4 Å². The Kier molecular flexibility index (Phi) is 4.83. The molecule has 1 aliphatic rings. The van der Waals surface area contributed by atoms with Crippen LogP contribution in [0.1, 0.15) is 31.2 Å². The molecule has 0 aliphatic heterocycles. The fourth-order valence-electron chi connectivity index (χ4n) is 1.96. The van der Waals surface area contributed by atoms with Gasteiger partial charge in [-0.05, 0) is 43.0 Å². The number of benzene rings is 1. The lowest BCUT2D eigenvalue weighted by Gasteiger charge is -2.09. The van der Waals surface area contributed by atoms with Crippen LogP contribution in [0, 0.1) is 11.3 Å². The van der Waals surface area contributed by atoms with E-state index in [0.717, 1.165) is 37.1 Å². The van der Waals surface area contributed by atoms with Crippen molar-refractivity contribution in [3.63, 3.8) is 0 Å². The summed E-state index contributed by atoms with van der Waals surface area (Å²) in [5.41, 5.74) is 8.20. The van der Waals surface area contributed by atoms with Gasteiger partial charge < -0.3 is 16.4 Å². The van der Waals surface area contributed by atoms with E-state index in [1.807, 2.05) is 12.1 Å². The summed E-state index contributed by atoms with van der Waals surface area (Å²) in [7, 11) is 0. The van der Waals surface area contributed by atoms with Gasteiger partial charge >= 0.3 is 0 Å². The van der Waals surface area contributed by atoms with E-state index < -0.39 is 0 Å². The van der Waals surface area contributed by atoms with Crippen molar-refractivity contribution in [3.05, 3.63) is 23.8 Å². The number of anilines is 2. The van der Waals surface area contributed by atoms with E-state index in [9.17, 15) is 4.79 Å². The number of nitriles is 1. The Labute approximate surface area is 119 Å². The second-order valence-electron chi connectivity index (χ2n) is 5.12. The SMILES string of the molecule is N#CCc1cc(NCCCC(=O)NC2CC2)ccc1N. The van der Waals surface area contributed by atoms with Crippen molar-refractivity contribution in [3.8, 4) is 6.07 Å². The topological polar surface area (TPSA) is 90.9 Å². The molecule has 0 atom stereocenters. The molecular weight excluding hydrogens is 252 g/mol. The zero-order valence-electron chi connectivity index (χ0n) is 11.5. The van der Waals surface area contributed by atoms with Crippen molar-refractivity contribution < 1.29 is 4.79 Å². The second-order valence-corrected chi connectivity index (χ2v) is 5.12. The molecule has 0 unspecified atom stereocenters. The van der Waals surface area contributed by atoms with E-state index in [1.54, 1.807) is 6.07 Å². The quantitative estimate of drug-likeness (QED) is 0.521. The number of nitrogens with two attached hydrogens (primary N) is 1. The molecule has 20 heavy (non-hydrogen) atoms. The van der Waals surface area contributed by atoms with Crippen molar-refractivity contribution in [2.75, 3.05) is 17.6 Å². The zero-order chi connectivity index (χ0) is 14.4. The number of carbonyl (C=O) groups is 1. The standard InChI is InChI=1S/C15H20N4O/c16-8-7-11-10-13(5-6-14(11)17)18-9-1-2-15(20)19-12-3-4-12/h5-6,10,12,18H,1-4,7,9,17H2,(H,19,20). The van der Waals surface area contributed by atoms with Crippen LogP contribution >= 0.6 is 0 Å². The molecule has 5 nitrogen and oxygen atoms in total. The second kappa shape index (κ2) is 6.80. The third kappa shape index (κ3) is 4.47. The van der Waals surface area contributed by atoms with Crippen LogP contribution < -0.4 is 16.4 Å². The van der Waals surface area contributed by atoms with Crippen molar-refractivity contribution >= 4 is 17.3 Å². The van der Waals surface area contributed by atoms with Gasteiger partial charge in [0.15, 0.2) is 0 Å². The maximum absolute atomic E-state index is 11.5. The fourth-order valence-corrected chi connectivity index (χ4v) is 1.96. The molecule has 0 saturated heterocycles. The number of nitrogen functional groups attached to an aromatic ring is 1. The van der Waals surface area contributed by atoms with Crippen LogP contribution in [0.3, 0.4) is 0 Å². The molecule has 4 N–H and O–H groups in total. The molecule has 2 rings (SSSR count). The Morgan fingerprint density at radius 3 is 2.95 bits per heavy atom. The van der Waals surface area contributed by atoms with Gasteiger partial charge in [0.25, 0.3) is 0 Å². The highest BCUT2D eigenvalue weighted by Gasteiger charge is 2.22. The summed E-state index contributed by atoms with van der Waals surface area (Å²) in [6, 6.07) is 8.11. The summed E-state index contributed by atoms with van der Waals surface area (Å²) in [5.74, 6) is 0.136. The minimum Gasteiger partial charge on any atom is -0.398 e. The van der Waals surface area contributed by atoms with Gasteiger partial charge in [-0.15, -0.1) is 0 Å². The molecule has 0 spiro atoms. The normalized spacial score (nSPS) is 13.6. The average Bonchev–Trinajstić information content (AvgIpc) is 3.22. The molecular formula is C15H20N4O. The van der Waals surface area contributed by atoms with Gasteiger partial charge in [0.05, 0.1) is 12.5 Å². The fraction of sp³-hybridized carbons (Fsp3) is 0.467. The minimum absolute atomic E-state index is 0.136. The van der Waals surface area contributed by atoms with Gasteiger partial charge in [0, 0.05) is 30.4 Å². The number of nitrogens with zero attached hydrogens (tertiary/aromatic N) is 1. The molecule has 0 heterocycles. The molecule has 1 aromatic carbocycles. The van der Waals surface area contributed by atoms with Gasteiger partial charge in [0.2, 0.25) is 5.91 Å². The van der Waals surface area contributed by atoms with E-state index in [0.29, 0.717) is 24.6 Å². The van der Waals surface area contributed by atoms with Crippen molar-refractivity contribution in [2.45, 2.75) is 38.1 Å². The minimum atomic E-state index is 0.136. The summed E-state index contributed by atoms with van der Waals surface area (Å²) >= 11 is 0. The smallest absolute Gasteiger partial charge is 0.220 e. The Hall–Kier alpha value is -2.22. The Balaban J connectivity index is 1.71. The Bertz CT molecular complexity index is 517. The number of rotatable bonds is 7. The van der Waals surface area contributed by atoms with E-state index in [2.05, 4.69) is 16.7 Å². The third-order valence-corrected chi connectivity index (χ3v) is 3.26. The monoisotopic (exact) mass is 272 g/mol. The Morgan fingerprint density at radius 1 is 1.45 bits per heavy atom. The third-order valence-electron chi connectivity index (χ3n) is 3.26. The largest absolute Gasteiger partial charge is 0.398 e. The van der Waals surface area contributed by atoms with Crippen LogP contribution in [-0.2, 0) is 11.2 Å². The summed E-state index contributed by atoms with van der Waals surface area (Å²) in [6.45, 7) is 0.730. The first-order valence-electron chi connectivity index (χ1n) is 6.97. The highest BCUT2D eigenvalue weighted by Crippen LogP contribution is 2.19. The van der Waals surface area contributed by atoms with Crippen molar-refractivity contribution in [1.82, 2.24) is 5.32 Å². The van der Waals surface area contributed by atoms with Gasteiger partial charge in [0.1, 0.15) is 0 Å². The molecule has 0 bridgehead atoms. The maximum Gasteiger partial charge on any atom is 0.220 e. The van der Waals surface area contributed by atoms with Crippen LogP contribution in [0.15, 0.2) is 18.2 Å². The number of nitrogens with one attached hydrogen (secondary N) is 2. The zero-order valence-corrected chi connectivity index (χ0v) is 11.5. The summed E-state index contributed by atoms with van der Waals surface area (Å²) < 4.78 is 0. The Morgan fingerprint density at radius 2 is 2.25 bits per heavy atom. The predicted molar refractivity (Wildman–Crippen MR) is 79.1 cm³/mol. The molecule has 1 aliphatic carbocycles. The molecule has 5 heteroatoms. The first kappa shape index (κ1) is 14.2. The van der Waals surface area contributed by atoms with Gasteiger partial charge in [-0.2, -0.15) is 5.26 Å². The number of hydrogen-bond acceptors (Lipinski definition) is 4. The van der Waals surface area contributed by atoms with E-state index in [-0.39, 0.29) is 5.91 Å². The lowest BCUT2D eigenvalue weighted by Crippen LogP contribution is -2.25. The van der Waals surface area contributed by atoms with Crippen molar-refractivity contribution in [2.24, 2.45) is 0 Å². The average molecular weight is 272 g/mol. The highest BCUT2D eigenvalue weighted by atomic mass is 16.1. The summed E-state index contributed by atoms with van der Waals surface area (Å²) in [5, 5.41) is 14.9. The van der Waals surface area contributed by atoms with Crippen LogP contribution in [0.2, 0.25) is 0 Å². The first-order valence-corrected chi connectivity index (χ1v) is 6.97. The number of amides is 1. The lowest BCUT2D eigenvalue weighted by molar-refractivity contribution is -0.121. The lowest BCUT2D eigenvalue weighted by atomic mass is 10.1. The van der Waals surface area contributed by atoms with Crippen LogP contribution in [0.5, 0.6) is 0 Å². The highest BCUT2D eigenvalue weighted by molar-refractivity contribution is 5.76. The molecule has 106 valence electrons. The molecule has 1 saturated carbocycles. The number of carbonyl (C=O) groups excluding carboxylic acids is 1. The van der Waals surface area contributed by atoms with Crippen LogP contribution in [0.25, 0.3) is 0 Å². The van der Waals surface area contributed by atoms with Crippen LogP contribution in [-0.4, -0.2) is 18.5 Å². The molecule has 0 aromatic heterocycles. The maximum atomic E-state index is 11.5. The van der Waals surface area contributed by atoms with E-state index in [1.165, 1.54) is 0 Å². The molecule has 1 aromatic rings.